The summed E-state index contributed by atoms with van der Waals surface area (Å²) in [7, 11) is -4.28. The Hall–Kier alpha value is -3.59. The van der Waals surface area contributed by atoms with Gasteiger partial charge < -0.3 is 14.8 Å². The number of nitrogens with one attached hydrogen (secondary N) is 2. The van der Waals surface area contributed by atoms with Gasteiger partial charge in [0.2, 0.25) is 9.84 Å². The maximum atomic E-state index is 13.6. The molecule has 2 unspecified atom stereocenters. The van der Waals surface area contributed by atoms with E-state index in [2.05, 4.69) is 17.2 Å². The van der Waals surface area contributed by atoms with Crippen LogP contribution in [0.15, 0.2) is 59.5 Å². The molecular formula is C23H25N3O7S. The Kier molecular flexibility index (Phi) is 8.48. The first kappa shape index (κ1) is 25.0. The van der Waals surface area contributed by atoms with Crippen molar-refractivity contribution < 1.29 is 32.7 Å². The molecule has 0 bridgehead atoms. The van der Waals surface area contributed by atoms with Crippen molar-refractivity contribution in [2.75, 3.05) is 19.7 Å². The van der Waals surface area contributed by atoms with Gasteiger partial charge in [-0.1, -0.05) is 36.3 Å². The summed E-state index contributed by atoms with van der Waals surface area (Å²) in [5.41, 5.74) is 2.19. The topological polar surface area (TPSA) is 134 Å². The molecule has 1 saturated heterocycles. The van der Waals surface area contributed by atoms with Gasteiger partial charge in [0, 0.05) is 13.1 Å². The normalized spacial score (nSPS) is 17.8. The van der Waals surface area contributed by atoms with E-state index in [1.165, 1.54) is 29.7 Å². The smallest absolute Gasteiger partial charge is 0.411 e. The highest BCUT2D eigenvalue weighted by Gasteiger charge is 2.47. The maximum absolute atomic E-state index is 13.6. The van der Waals surface area contributed by atoms with Gasteiger partial charge in [-0.25, -0.2) is 18.7 Å². The standard InChI is InChI=1S/C23H25N3O7S/c1-2-3-15-32-18-9-11-19(12-10-18)34(30,31)22-20(21(27)25-29)24-13-14-26(22)23(28)33-16-17-7-5-4-6-8-17/h4-12,20,22,24,29H,13-16H2,1H3,(H,25,27). The molecule has 3 rings (SSSR count). The third-order valence-electron chi connectivity index (χ3n) is 5.10. The second-order valence-electron chi connectivity index (χ2n) is 7.26. The molecule has 2 amide bonds. The summed E-state index contributed by atoms with van der Waals surface area (Å²) in [6, 6.07) is 13.0. The van der Waals surface area contributed by atoms with Gasteiger partial charge >= 0.3 is 6.09 Å². The number of benzene rings is 2. The zero-order valence-electron chi connectivity index (χ0n) is 18.4. The van der Waals surface area contributed by atoms with Crippen molar-refractivity contribution in [3.05, 3.63) is 60.2 Å². The molecule has 2 atom stereocenters. The Morgan fingerprint density at radius 1 is 1.18 bits per heavy atom. The van der Waals surface area contributed by atoms with Crippen LogP contribution in [0.3, 0.4) is 0 Å². The van der Waals surface area contributed by atoms with Crippen LogP contribution in [0.1, 0.15) is 12.5 Å². The quantitative estimate of drug-likeness (QED) is 0.302. The molecule has 2 aromatic carbocycles. The molecule has 180 valence electrons. The van der Waals surface area contributed by atoms with E-state index in [0.717, 1.165) is 10.5 Å². The molecule has 0 radical (unpaired) electrons. The van der Waals surface area contributed by atoms with Crippen molar-refractivity contribution in [1.29, 1.82) is 0 Å². The Labute approximate surface area is 197 Å². The highest BCUT2D eigenvalue weighted by molar-refractivity contribution is 7.92. The molecule has 1 fully saturated rings. The fraction of sp³-hybridized carbons (Fsp3) is 0.304. The van der Waals surface area contributed by atoms with E-state index in [0.29, 0.717) is 5.75 Å². The Bertz CT molecular complexity index is 1160. The molecule has 1 heterocycles. The van der Waals surface area contributed by atoms with Crippen LogP contribution in [0, 0.1) is 11.8 Å². The highest BCUT2D eigenvalue weighted by Crippen LogP contribution is 2.26. The average Bonchev–Trinajstić information content (AvgIpc) is 2.87. The number of piperazine rings is 1. The molecule has 0 aromatic heterocycles. The van der Waals surface area contributed by atoms with E-state index in [1.54, 1.807) is 31.2 Å². The monoisotopic (exact) mass is 487 g/mol. The lowest BCUT2D eigenvalue weighted by atomic mass is 10.2. The Morgan fingerprint density at radius 2 is 1.88 bits per heavy atom. The fourth-order valence-electron chi connectivity index (χ4n) is 3.44. The maximum Gasteiger partial charge on any atom is 0.411 e. The summed E-state index contributed by atoms with van der Waals surface area (Å²) in [5.74, 6) is 4.84. The van der Waals surface area contributed by atoms with Gasteiger partial charge in [0.05, 0.1) is 4.90 Å². The number of carbonyl (C=O) groups excluding carboxylic acids is 2. The van der Waals surface area contributed by atoms with Crippen LogP contribution in [0.4, 0.5) is 4.79 Å². The first-order valence-corrected chi connectivity index (χ1v) is 11.9. The zero-order valence-corrected chi connectivity index (χ0v) is 19.2. The largest absolute Gasteiger partial charge is 0.481 e. The minimum Gasteiger partial charge on any atom is -0.481 e. The van der Waals surface area contributed by atoms with E-state index < -0.39 is 33.3 Å². The molecule has 0 spiro atoms. The molecule has 34 heavy (non-hydrogen) atoms. The second-order valence-corrected chi connectivity index (χ2v) is 9.31. The number of hydrogen-bond donors (Lipinski definition) is 3. The van der Waals surface area contributed by atoms with Crippen LogP contribution >= 0.6 is 0 Å². The molecular weight excluding hydrogens is 462 g/mol. The van der Waals surface area contributed by atoms with Crippen LogP contribution in [-0.4, -0.2) is 61.6 Å². The predicted molar refractivity (Wildman–Crippen MR) is 121 cm³/mol. The molecule has 1 aliphatic heterocycles. The van der Waals surface area contributed by atoms with Crippen LogP contribution in [0.5, 0.6) is 5.75 Å². The minimum atomic E-state index is -4.28. The van der Waals surface area contributed by atoms with Crippen molar-refractivity contribution >= 4 is 21.8 Å². The van der Waals surface area contributed by atoms with E-state index in [4.69, 9.17) is 14.7 Å². The van der Waals surface area contributed by atoms with Crippen molar-refractivity contribution in [3.8, 4) is 17.6 Å². The van der Waals surface area contributed by atoms with Gasteiger partial charge in [-0.05, 0) is 36.8 Å². The molecule has 1 aliphatic rings. The van der Waals surface area contributed by atoms with E-state index in [9.17, 15) is 18.0 Å². The molecule has 0 aliphatic carbocycles. The molecule has 2 aromatic rings. The number of carbonyl (C=O) groups is 2. The SMILES string of the molecule is CC#CCOc1ccc(S(=O)(=O)C2C(C(=O)NO)NCCN2C(=O)OCc2ccccc2)cc1. The first-order chi connectivity index (χ1) is 16.4. The summed E-state index contributed by atoms with van der Waals surface area (Å²) < 4.78 is 37.9. The lowest BCUT2D eigenvalue weighted by Crippen LogP contribution is -2.66. The third-order valence-corrected chi connectivity index (χ3v) is 7.19. The van der Waals surface area contributed by atoms with Gasteiger partial charge in [-0.2, -0.15) is 0 Å². The summed E-state index contributed by atoms with van der Waals surface area (Å²) >= 11 is 0. The summed E-state index contributed by atoms with van der Waals surface area (Å²) in [6.45, 7) is 1.85. The van der Waals surface area contributed by atoms with Crippen LogP contribution < -0.4 is 15.5 Å². The van der Waals surface area contributed by atoms with E-state index >= 15 is 0 Å². The fourth-order valence-corrected chi connectivity index (χ4v) is 5.34. The summed E-state index contributed by atoms with van der Waals surface area (Å²) in [5, 5.41) is 10.3. The second kappa shape index (κ2) is 11.5. The Balaban J connectivity index is 1.87. The Morgan fingerprint density at radius 3 is 2.53 bits per heavy atom. The number of rotatable bonds is 7. The van der Waals surface area contributed by atoms with Crippen molar-refractivity contribution in [2.24, 2.45) is 0 Å². The third kappa shape index (κ3) is 5.85. The number of hydroxylamine groups is 1. The molecule has 11 heteroatoms. The van der Waals surface area contributed by atoms with Crippen molar-refractivity contribution in [1.82, 2.24) is 15.7 Å². The average molecular weight is 488 g/mol. The minimum absolute atomic E-state index is 0.0242. The lowest BCUT2D eigenvalue weighted by Gasteiger charge is -2.39. The van der Waals surface area contributed by atoms with Gasteiger partial charge in [0.1, 0.15) is 25.0 Å². The van der Waals surface area contributed by atoms with Crippen molar-refractivity contribution in [2.45, 2.75) is 29.8 Å². The van der Waals surface area contributed by atoms with E-state index in [-0.39, 0.29) is 31.2 Å². The van der Waals surface area contributed by atoms with Crippen molar-refractivity contribution in [3.63, 3.8) is 0 Å². The molecule has 0 saturated carbocycles. The molecule has 3 N–H and O–H groups in total. The van der Waals surface area contributed by atoms with E-state index in [1.807, 2.05) is 6.07 Å². The number of nitrogens with zero attached hydrogens (tertiary/aromatic N) is 1. The summed E-state index contributed by atoms with van der Waals surface area (Å²) in [4.78, 5) is 26.1. The predicted octanol–water partition coefficient (Wildman–Crippen LogP) is 1.30. The highest BCUT2D eigenvalue weighted by atomic mass is 32.2. The number of ether oxygens (including phenoxy) is 2. The summed E-state index contributed by atoms with van der Waals surface area (Å²) in [6.07, 6.45) is -0.896. The zero-order chi connectivity index (χ0) is 24.6. The number of sulfone groups is 1. The van der Waals surface area contributed by atoms with Gasteiger partial charge in [-0.3, -0.25) is 14.9 Å². The van der Waals surface area contributed by atoms with Crippen LogP contribution in [-0.2, 0) is 26.0 Å². The molecule has 10 nitrogen and oxygen atoms in total. The van der Waals surface area contributed by atoms with Crippen LogP contribution in [0.25, 0.3) is 0 Å². The van der Waals surface area contributed by atoms with Crippen LogP contribution in [0.2, 0.25) is 0 Å². The van der Waals surface area contributed by atoms with Gasteiger partial charge in [0.15, 0.2) is 5.37 Å². The number of amides is 2. The number of hydrogen-bond acceptors (Lipinski definition) is 8. The van der Waals surface area contributed by atoms with Gasteiger partial charge in [-0.15, -0.1) is 5.92 Å². The first-order valence-electron chi connectivity index (χ1n) is 10.4. The lowest BCUT2D eigenvalue weighted by molar-refractivity contribution is -0.132. The van der Waals surface area contributed by atoms with Gasteiger partial charge in [0.25, 0.3) is 5.91 Å².